The number of para-hydroxylation sites is 2. The van der Waals surface area contributed by atoms with Crippen molar-refractivity contribution >= 4 is 33.7 Å². The molecule has 0 bridgehead atoms. The number of oxazole rings is 1. The first kappa shape index (κ1) is 7.09. The number of aromatic nitrogens is 1. The molecule has 1 aromatic heterocycles. The Balaban J connectivity index is 2.69. The van der Waals surface area contributed by atoms with E-state index in [4.69, 9.17) is 4.42 Å². The Hall–Kier alpha value is -0.580. The van der Waals surface area contributed by atoms with Gasteiger partial charge in [-0.25, -0.2) is 4.98 Å². The van der Waals surface area contributed by atoms with Gasteiger partial charge in [0.2, 0.25) is 5.89 Å². The number of rotatable bonds is 1. The fourth-order valence-electron chi connectivity index (χ4n) is 0.977. The van der Waals surface area contributed by atoms with E-state index in [2.05, 4.69) is 27.6 Å². The lowest BCUT2D eigenvalue weighted by Crippen LogP contribution is -1.71. The molecule has 1 heterocycles. The van der Waals surface area contributed by atoms with Crippen molar-refractivity contribution in [2.45, 2.75) is 4.43 Å². The van der Waals surface area contributed by atoms with Crippen LogP contribution in [-0.2, 0) is 4.43 Å². The predicted octanol–water partition coefficient (Wildman–Crippen LogP) is 2.76. The monoisotopic (exact) mass is 259 g/mol. The third-order valence-electron chi connectivity index (χ3n) is 1.45. The summed E-state index contributed by atoms with van der Waals surface area (Å²) in [7, 11) is 0. The second-order valence-corrected chi connectivity index (χ2v) is 2.97. The van der Waals surface area contributed by atoms with E-state index in [1.54, 1.807) is 0 Å². The summed E-state index contributed by atoms with van der Waals surface area (Å²) in [5.41, 5.74) is 1.82. The molecule has 0 spiro atoms. The van der Waals surface area contributed by atoms with E-state index < -0.39 is 0 Å². The molecule has 0 amide bonds. The molecule has 0 radical (unpaired) electrons. The van der Waals surface area contributed by atoms with Crippen LogP contribution in [0.1, 0.15) is 5.89 Å². The van der Waals surface area contributed by atoms with E-state index in [9.17, 15) is 0 Å². The molecular formula is C8H6INO. The van der Waals surface area contributed by atoms with Gasteiger partial charge in [-0.05, 0) is 12.1 Å². The molecule has 2 aromatic rings. The van der Waals surface area contributed by atoms with Crippen molar-refractivity contribution in [2.75, 3.05) is 0 Å². The maximum Gasteiger partial charge on any atom is 0.205 e. The first-order valence-electron chi connectivity index (χ1n) is 3.30. The molecule has 0 atom stereocenters. The van der Waals surface area contributed by atoms with Crippen molar-refractivity contribution in [3.8, 4) is 0 Å². The van der Waals surface area contributed by atoms with Crippen LogP contribution in [0.15, 0.2) is 28.7 Å². The quantitative estimate of drug-likeness (QED) is 0.581. The fraction of sp³-hybridized carbons (Fsp3) is 0.125. The summed E-state index contributed by atoms with van der Waals surface area (Å²) in [5.74, 6) is 0.798. The summed E-state index contributed by atoms with van der Waals surface area (Å²) in [5, 5.41) is 0. The molecule has 2 nitrogen and oxygen atoms in total. The van der Waals surface area contributed by atoms with E-state index in [0.717, 1.165) is 21.4 Å². The number of halogens is 1. The lowest BCUT2D eigenvalue weighted by Gasteiger charge is -1.80. The zero-order chi connectivity index (χ0) is 7.68. The molecule has 56 valence electrons. The summed E-state index contributed by atoms with van der Waals surface area (Å²) in [6, 6.07) is 7.79. The van der Waals surface area contributed by atoms with Crippen LogP contribution in [0.5, 0.6) is 0 Å². The number of hydrogen-bond acceptors (Lipinski definition) is 2. The van der Waals surface area contributed by atoms with Gasteiger partial charge in [0.05, 0.1) is 4.43 Å². The Bertz CT molecular complexity index is 336. The Kier molecular flexibility index (Phi) is 1.81. The molecule has 0 aliphatic carbocycles. The molecule has 0 unspecified atom stereocenters. The van der Waals surface area contributed by atoms with Crippen LogP contribution < -0.4 is 0 Å². The van der Waals surface area contributed by atoms with Crippen LogP contribution in [0.2, 0.25) is 0 Å². The first-order valence-corrected chi connectivity index (χ1v) is 4.83. The Morgan fingerprint density at radius 1 is 1.36 bits per heavy atom. The Labute approximate surface area is 77.8 Å². The molecule has 0 saturated heterocycles. The minimum atomic E-state index is 0.798. The first-order chi connectivity index (χ1) is 5.40. The standard InChI is InChI=1S/C8H6INO/c9-5-8-10-6-3-1-2-4-7(6)11-8/h1-4H,5H2. The van der Waals surface area contributed by atoms with Crippen LogP contribution in [0.3, 0.4) is 0 Å². The fourth-order valence-corrected chi connectivity index (χ4v) is 1.30. The Morgan fingerprint density at radius 2 is 2.18 bits per heavy atom. The minimum Gasteiger partial charge on any atom is -0.440 e. The van der Waals surface area contributed by atoms with Gasteiger partial charge >= 0.3 is 0 Å². The molecule has 1 aromatic carbocycles. The normalized spacial score (nSPS) is 10.6. The number of nitrogens with zero attached hydrogens (tertiary/aromatic N) is 1. The zero-order valence-electron chi connectivity index (χ0n) is 5.75. The number of fused-ring (bicyclic) bond motifs is 1. The zero-order valence-corrected chi connectivity index (χ0v) is 7.91. The maximum atomic E-state index is 5.40. The lowest BCUT2D eigenvalue weighted by molar-refractivity contribution is 0.559. The summed E-state index contributed by atoms with van der Waals surface area (Å²) >= 11 is 2.23. The van der Waals surface area contributed by atoms with Crippen LogP contribution in [0.25, 0.3) is 11.1 Å². The third kappa shape index (κ3) is 1.24. The van der Waals surface area contributed by atoms with Gasteiger partial charge in [-0.15, -0.1) is 0 Å². The molecule has 0 saturated carbocycles. The van der Waals surface area contributed by atoms with E-state index in [1.807, 2.05) is 24.3 Å². The maximum absolute atomic E-state index is 5.40. The van der Waals surface area contributed by atoms with E-state index in [0.29, 0.717) is 0 Å². The van der Waals surface area contributed by atoms with E-state index >= 15 is 0 Å². The average Bonchev–Trinajstić information content (AvgIpc) is 2.46. The lowest BCUT2D eigenvalue weighted by atomic mass is 10.3. The second-order valence-electron chi connectivity index (χ2n) is 2.21. The summed E-state index contributed by atoms with van der Waals surface area (Å²) in [4.78, 5) is 4.26. The largest absolute Gasteiger partial charge is 0.440 e. The molecule has 3 heteroatoms. The van der Waals surface area contributed by atoms with Crippen LogP contribution >= 0.6 is 22.6 Å². The van der Waals surface area contributed by atoms with E-state index in [1.165, 1.54) is 0 Å². The number of benzene rings is 1. The van der Waals surface area contributed by atoms with Gasteiger partial charge < -0.3 is 4.42 Å². The van der Waals surface area contributed by atoms with Crippen molar-refractivity contribution in [1.82, 2.24) is 4.98 Å². The highest BCUT2D eigenvalue weighted by molar-refractivity contribution is 14.1. The summed E-state index contributed by atoms with van der Waals surface area (Å²) < 4.78 is 6.22. The predicted molar refractivity (Wildman–Crippen MR) is 51.7 cm³/mol. The van der Waals surface area contributed by atoms with Crippen molar-refractivity contribution in [3.63, 3.8) is 0 Å². The summed E-state index contributed by atoms with van der Waals surface area (Å²) in [6.45, 7) is 0. The highest BCUT2D eigenvalue weighted by Crippen LogP contribution is 2.15. The average molecular weight is 259 g/mol. The molecule has 0 aliphatic heterocycles. The topological polar surface area (TPSA) is 26.0 Å². The highest BCUT2D eigenvalue weighted by atomic mass is 127. The van der Waals surface area contributed by atoms with Gasteiger partial charge in [-0.1, -0.05) is 34.7 Å². The van der Waals surface area contributed by atoms with Crippen molar-refractivity contribution in [2.24, 2.45) is 0 Å². The summed E-state index contributed by atoms with van der Waals surface area (Å²) in [6.07, 6.45) is 0. The van der Waals surface area contributed by atoms with Gasteiger partial charge in [-0.3, -0.25) is 0 Å². The smallest absolute Gasteiger partial charge is 0.205 e. The van der Waals surface area contributed by atoms with Crippen molar-refractivity contribution in [3.05, 3.63) is 30.2 Å². The van der Waals surface area contributed by atoms with Crippen molar-refractivity contribution in [1.29, 1.82) is 0 Å². The molecule has 11 heavy (non-hydrogen) atoms. The second kappa shape index (κ2) is 2.81. The van der Waals surface area contributed by atoms with Gasteiger partial charge in [0.1, 0.15) is 5.52 Å². The van der Waals surface area contributed by atoms with Gasteiger partial charge in [0.15, 0.2) is 5.58 Å². The molecule has 0 aliphatic rings. The van der Waals surface area contributed by atoms with Crippen LogP contribution in [-0.4, -0.2) is 4.98 Å². The third-order valence-corrected chi connectivity index (χ3v) is 2.11. The van der Waals surface area contributed by atoms with E-state index in [-0.39, 0.29) is 0 Å². The molecule has 2 rings (SSSR count). The van der Waals surface area contributed by atoms with Gasteiger partial charge in [-0.2, -0.15) is 0 Å². The molecule has 0 fully saturated rings. The van der Waals surface area contributed by atoms with Crippen molar-refractivity contribution < 1.29 is 4.42 Å². The molecule has 0 N–H and O–H groups in total. The SMILES string of the molecule is ICc1nc2ccccc2o1. The number of hydrogen-bond donors (Lipinski definition) is 0. The highest BCUT2D eigenvalue weighted by Gasteiger charge is 2.01. The van der Waals surface area contributed by atoms with Gasteiger partial charge in [0, 0.05) is 0 Å². The van der Waals surface area contributed by atoms with Gasteiger partial charge in [0.25, 0.3) is 0 Å². The van der Waals surface area contributed by atoms with Crippen LogP contribution in [0, 0.1) is 0 Å². The molecular weight excluding hydrogens is 253 g/mol. The number of alkyl halides is 1. The minimum absolute atomic E-state index is 0.798. The Morgan fingerprint density at radius 3 is 2.91 bits per heavy atom. The van der Waals surface area contributed by atoms with Crippen LogP contribution in [0.4, 0.5) is 0 Å².